The Labute approximate surface area is 182 Å². The van der Waals surface area contributed by atoms with Crippen LogP contribution in [0.5, 0.6) is 0 Å². The summed E-state index contributed by atoms with van der Waals surface area (Å²) in [5.41, 5.74) is -1.76. The second kappa shape index (κ2) is 7.19. The van der Waals surface area contributed by atoms with Crippen LogP contribution in [0.15, 0.2) is 11.6 Å². The minimum atomic E-state index is -1.65. The van der Waals surface area contributed by atoms with Crippen LogP contribution in [0.4, 0.5) is 0 Å². The van der Waals surface area contributed by atoms with Crippen LogP contribution in [0.3, 0.4) is 0 Å². The number of hydrogen-bond acceptors (Lipinski definition) is 6. The molecule has 166 valence electrons. The molecular formula is C23H32O6S. The number of thiocarbonyl (C=S) groups is 1. The van der Waals surface area contributed by atoms with Crippen LogP contribution in [0, 0.1) is 34.5 Å². The number of aliphatic carboxylic acids is 1. The Morgan fingerprint density at radius 2 is 1.97 bits per heavy atom. The number of rotatable bonds is 4. The Bertz CT molecular complexity index is 823. The fraction of sp³-hybridized carbons (Fsp3) is 0.783. The number of carboxylic acids is 1. The van der Waals surface area contributed by atoms with Gasteiger partial charge in [0, 0.05) is 10.3 Å². The van der Waals surface area contributed by atoms with Crippen LogP contribution in [0.1, 0.15) is 58.8 Å². The molecule has 0 aromatic carbocycles. The Morgan fingerprint density at radius 3 is 2.60 bits per heavy atom. The summed E-state index contributed by atoms with van der Waals surface area (Å²) < 4.78 is 0. The van der Waals surface area contributed by atoms with E-state index in [4.69, 9.17) is 12.2 Å². The lowest BCUT2D eigenvalue weighted by Crippen LogP contribution is -2.62. The van der Waals surface area contributed by atoms with Crippen LogP contribution in [0.2, 0.25) is 0 Å². The summed E-state index contributed by atoms with van der Waals surface area (Å²) in [4.78, 5) is 25.0. The van der Waals surface area contributed by atoms with Gasteiger partial charge in [0.05, 0.1) is 12.5 Å². The molecule has 4 rings (SSSR count). The van der Waals surface area contributed by atoms with Gasteiger partial charge in [0.2, 0.25) is 0 Å². The molecule has 3 fully saturated rings. The van der Waals surface area contributed by atoms with Crippen molar-refractivity contribution in [3.63, 3.8) is 0 Å². The van der Waals surface area contributed by atoms with Crippen LogP contribution in [0.25, 0.3) is 0 Å². The van der Waals surface area contributed by atoms with Gasteiger partial charge in [0.25, 0.3) is 0 Å². The molecule has 4 aliphatic carbocycles. The monoisotopic (exact) mass is 436 g/mol. The molecule has 0 amide bonds. The number of carbonyl (C=O) groups is 2. The van der Waals surface area contributed by atoms with Gasteiger partial charge in [-0.2, -0.15) is 0 Å². The molecule has 0 heterocycles. The van der Waals surface area contributed by atoms with E-state index >= 15 is 0 Å². The zero-order valence-corrected chi connectivity index (χ0v) is 18.5. The summed E-state index contributed by atoms with van der Waals surface area (Å²) >= 11 is 5.45. The molecule has 4 aliphatic rings. The summed E-state index contributed by atoms with van der Waals surface area (Å²) in [5, 5.41) is 41.7. The van der Waals surface area contributed by atoms with Crippen molar-refractivity contribution in [2.24, 2.45) is 34.5 Å². The molecule has 0 saturated heterocycles. The fourth-order valence-corrected chi connectivity index (χ4v) is 8.15. The van der Waals surface area contributed by atoms with Crippen molar-refractivity contribution >= 4 is 28.8 Å². The number of Topliss-reactive ketones (excluding diaryl/α,β-unsaturated/α-hetero) is 1. The molecule has 0 aliphatic heterocycles. The van der Waals surface area contributed by atoms with Gasteiger partial charge in [-0.05, 0) is 73.7 Å². The van der Waals surface area contributed by atoms with Crippen molar-refractivity contribution in [3.05, 3.63) is 11.6 Å². The third-order valence-corrected chi connectivity index (χ3v) is 9.55. The molecule has 8 atom stereocenters. The van der Waals surface area contributed by atoms with Crippen molar-refractivity contribution < 1.29 is 30.0 Å². The van der Waals surface area contributed by atoms with Crippen LogP contribution in [-0.2, 0) is 9.59 Å². The standard InChI is InChI=1S/C23H32O6S/c1-21-5-3-13(30)9-16(21)12(8-19(27)28)7-14-15-4-6-23(29,18(26)11-24)22(15,2)10-17(25)20(14)21/h9,12,14-15,17,20,24-25,29H,3-8,10-11H2,1-2H3,(H,27,28)/t12-,14+,15+,17+,20-,21+,22+,23+/m1/s1. The van der Waals surface area contributed by atoms with E-state index in [0.717, 1.165) is 23.3 Å². The van der Waals surface area contributed by atoms with Gasteiger partial charge >= 0.3 is 5.97 Å². The average molecular weight is 437 g/mol. The lowest BCUT2D eigenvalue weighted by molar-refractivity contribution is -0.184. The molecule has 4 N–H and O–H groups in total. The molecule has 0 spiro atoms. The van der Waals surface area contributed by atoms with E-state index < -0.39 is 35.5 Å². The van der Waals surface area contributed by atoms with Crippen LogP contribution < -0.4 is 0 Å². The summed E-state index contributed by atoms with van der Waals surface area (Å²) in [7, 11) is 0. The number of carboxylic acid groups (broad SMARTS) is 1. The van der Waals surface area contributed by atoms with Gasteiger partial charge in [-0.15, -0.1) is 0 Å². The maximum Gasteiger partial charge on any atom is 0.303 e. The van der Waals surface area contributed by atoms with Gasteiger partial charge in [-0.25, -0.2) is 0 Å². The number of ketones is 1. The molecule has 6 nitrogen and oxygen atoms in total. The van der Waals surface area contributed by atoms with Gasteiger partial charge in [-0.3, -0.25) is 9.59 Å². The lowest BCUT2D eigenvalue weighted by atomic mass is 9.43. The zero-order valence-electron chi connectivity index (χ0n) is 17.6. The van der Waals surface area contributed by atoms with Gasteiger partial charge in [0.1, 0.15) is 12.2 Å². The topological polar surface area (TPSA) is 115 Å². The predicted molar refractivity (Wildman–Crippen MR) is 114 cm³/mol. The Kier molecular flexibility index (Phi) is 5.29. The molecule has 0 aromatic heterocycles. The summed E-state index contributed by atoms with van der Waals surface area (Å²) in [6.45, 7) is 3.29. The number of hydrogen-bond donors (Lipinski definition) is 4. The van der Waals surface area contributed by atoms with E-state index in [9.17, 15) is 30.0 Å². The molecular weight excluding hydrogens is 404 g/mol. The van der Waals surface area contributed by atoms with Crippen LogP contribution in [-0.4, -0.2) is 55.4 Å². The Hall–Kier alpha value is -1.15. The first-order valence-electron chi connectivity index (χ1n) is 11.0. The maximum absolute atomic E-state index is 12.5. The highest BCUT2D eigenvalue weighted by atomic mass is 32.1. The Morgan fingerprint density at radius 1 is 1.27 bits per heavy atom. The molecule has 3 saturated carbocycles. The van der Waals surface area contributed by atoms with Gasteiger partial charge < -0.3 is 20.4 Å². The molecule has 0 unspecified atom stereocenters. The first kappa shape index (κ1) is 22.1. The average Bonchev–Trinajstić information content (AvgIpc) is 2.93. The van der Waals surface area contributed by atoms with E-state index in [2.05, 4.69) is 6.92 Å². The van der Waals surface area contributed by atoms with E-state index in [1.54, 1.807) is 0 Å². The highest BCUT2D eigenvalue weighted by Gasteiger charge is 2.68. The van der Waals surface area contributed by atoms with Crippen LogP contribution >= 0.6 is 12.2 Å². The fourth-order valence-electron chi connectivity index (χ4n) is 7.92. The predicted octanol–water partition coefficient (Wildman–Crippen LogP) is 2.28. The van der Waals surface area contributed by atoms with E-state index in [0.29, 0.717) is 19.3 Å². The summed E-state index contributed by atoms with van der Waals surface area (Å²) in [5.74, 6) is -1.64. The normalized spacial score (nSPS) is 47.7. The van der Waals surface area contributed by atoms with Crippen molar-refractivity contribution in [2.75, 3.05) is 6.61 Å². The van der Waals surface area contributed by atoms with E-state index in [1.165, 1.54) is 0 Å². The smallest absolute Gasteiger partial charge is 0.303 e. The third kappa shape index (κ3) is 2.89. The summed E-state index contributed by atoms with van der Waals surface area (Å²) in [6.07, 6.45) is 4.67. The SMILES string of the molecule is C[C@]12CCC(=S)C=C1[C@@H](CC(=O)O)C[C@@H]1[C@@H]2[C@@H](O)C[C@@]2(C)[C@H]1CC[C@]2(O)C(=O)CO. The van der Waals surface area contributed by atoms with Crippen molar-refractivity contribution in [2.45, 2.75) is 70.5 Å². The quantitative estimate of drug-likeness (QED) is 0.500. The number of carbonyl (C=O) groups excluding carboxylic acids is 1. The first-order valence-corrected chi connectivity index (χ1v) is 11.4. The number of fused-ring (bicyclic) bond motifs is 5. The number of aliphatic hydroxyl groups excluding tert-OH is 2. The minimum Gasteiger partial charge on any atom is -0.481 e. The molecule has 0 bridgehead atoms. The highest BCUT2D eigenvalue weighted by Crippen LogP contribution is 2.68. The van der Waals surface area contributed by atoms with E-state index in [1.807, 2.05) is 13.0 Å². The van der Waals surface area contributed by atoms with Crippen molar-refractivity contribution in [1.29, 1.82) is 0 Å². The molecule has 7 heteroatoms. The zero-order chi connectivity index (χ0) is 22.1. The lowest BCUT2D eigenvalue weighted by Gasteiger charge is -2.62. The maximum atomic E-state index is 12.5. The summed E-state index contributed by atoms with van der Waals surface area (Å²) in [6, 6.07) is 0. The van der Waals surface area contributed by atoms with Gasteiger partial charge in [0.15, 0.2) is 5.78 Å². The molecule has 0 radical (unpaired) electrons. The Balaban J connectivity index is 1.79. The third-order valence-electron chi connectivity index (χ3n) is 9.23. The number of aliphatic hydroxyl groups is 3. The second-order valence-corrected chi connectivity index (χ2v) is 11.0. The largest absolute Gasteiger partial charge is 0.481 e. The number of allylic oxidation sites excluding steroid dienone is 2. The highest BCUT2D eigenvalue weighted by molar-refractivity contribution is 7.80. The van der Waals surface area contributed by atoms with E-state index in [-0.39, 0.29) is 41.9 Å². The minimum absolute atomic E-state index is 0.00468. The second-order valence-electron chi connectivity index (χ2n) is 10.5. The molecule has 0 aromatic rings. The first-order chi connectivity index (χ1) is 14.0. The van der Waals surface area contributed by atoms with Crippen molar-refractivity contribution in [3.8, 4) is 0 Å². The van der Waals surface area contributed by atoms with Gasteiger partial charge in [-0.1, -0.05) is 31.6 Å². The van der Waals surface area contributed by atoms with Crippen molar-refractivity contribution in [1.82, 2.24) is 0 Å². The molecule has 30 heavy (non-hydrogen) atoms.